The van der Waals surface area contributed by atoms with Crippen molar-refractivity contribution < 1.29 is 17.6 Å². The van der Waals surface area contributed by atoms with Crippen LogP contribution < -0.4 is 5.32 Å². The minimum Gasteiger partial charge on any atom is -0.336 e. The van der Waals surface area contributed by atoms with Gasteiger partial charge in [-0.25, -0.2) is 17.8 Å². The second-order valence-corrected chi connectivity index (χ2v) is 10.9. The highest BCUT2D eigenvalue weighted by Gasteiger charge is 2.23. The smallest absolute Gasteiger partial charge is 0.256 e. The maximum absolute atomic E-state index is 14.9. The molecule has 2 aromatic heterocycles. The van der Waals surface area contributed by atoms with Crippen LogP contribution in [0.2, 0.25) is 0 Å². The maximum Gasteiger partial charge on any atom is 0.256 e. The largest absolute Gasteiger partial charge is 0.336 e. The van der Waals surface area contributed by atoms with Gasteiger partial charge in [-0.15, -0.1) is 0 Å². The summed E-state index contributed by atoms with van der Waals surface area (Å²) in [7, 11) is -1.30. The van der Waals surface area contributed by atoms with E-state index in [1.54, 1.807) is 41.4 Å². The van der Waals surface area contributed by atoms with Crippen molar-refractivity contribution in [3.63, 3.8) is 0 Å². The standard InChI is InChI=1S/C25H25FN6O3S/c1-30-11-13-31(14-12-30)24(33)21-8-3-18(15-22(21)26)28-25-27-16-17-9-10-32(23(17)29-25)19-4-6-20(7-5-19)36(2,34)35/h3-10,15-16H,11-14H2,1-2H3,(H,27,28,29). The summed E-state index contributed by atoms with van der Waals surface area (Å²) in [6.07, 6.45) is 4.63. The average molecular weight is 509 g/mol. The molecule has 0 aliphatic carbocycles. The monoisotopic (exact) mass is 508 g/mol. The molecule has 0 unspecified atom stereocenters. The number of nitrogens with one attached hydrogen (secondary N) is 1. The number of carbonyl (C=O) groups is 1. The van der Waals surface area contributed by atoms with Crippen LogP contribution in [-0.4, -0.2) is 78.1 Å². The number of anilines is 2. The molecular formula is C25H25FN6O3S. The number of rotatable bonds is 5. The molecule has 5 rings (SSSR count). The Morgan fingerprint density at radius 1 is 1.03 bits per heavy atom. The van der Waals surface area contributed by atoms with Crippen LogP contribution in [0.15, 0.2) is 65.8 Å². The topological polar surface area (TPSA) is 100 Å². The zero-order valence-electron chi connectivity index (χ0n) is 19.8. The number of nitrogens with zero attached hydrogens (tertiary/aromatic N) is 5. The summed E-state index contributed by atoms with van der Waals surface area (Å²) in [4.78, 5) is 25.6. The lowest BCUT2D eigenvalue weighted by Crippen LogP contribution is -2.47. The number of aromatic nitrogens is 3. The number of likely N-dealkylation sites (N-methyl/N-ethyl adjacent to an activating group) is 1. The van der Waals surface area contributed by atoms with E-state index in [4.69, 9.17) is 0 Å². The molecule has 4 aromatic rings. The summed E-state index contributed by atoms with van der Waals surface area (Å²) in [6.45, 7) is 2.66. The second kappa shape index (κ2) is 9.32. The van der Waals surface area contributed by atoms with Crippen LogP contribution in [-0.2, 0) is 9.84 Å². The van der Waals surface area contributed by atoms with Crippen LogP contribution in [0.5, 0.6) is 0 Å². The van der Waals surface area contributed by atoms with Crippen molar-refractivity contribution in [1.82, 2.24) is 24.3 Å². The molecule has 3 heterocycles. The highest BCUT2D eigenvalue weighted by atomic mass is 32.2. The van der Waals surface area contributed by atoms with Crippen LogP contribution in [0.25, 0.3) is 16.7 Å². The molecule has 1 saturated heterocycles. The number of benzene rings is 2. The number of piperazine rings is 1. The van der Waals surface area contributed by atoms with Crippen LogP contribution in [0, 0.1) is 5.82 Å². The highest BCUT2D eigenvalue weighted by molar-refractivity contribution is 7.90. The molecule has 0 radical (unpaired) electrons. The maximum atomic E-state index is 14.9. The van der Waals surface area contributed by atoms with Crippen molar-refractivity contribution >= 4 is 38.4 Å². The van der Waals surface area contributed by atoms with Gasteiger partial charge in [0.15, 0.2) is 9.84 Å². The quantitative estimate of drug-likeness (QED) is 0.442. The van der Waals surface area contributed by atoms with E-state index in [1.165, 1.54) is 12.1 Å². The molecule has 0 atom stereocenters. The van der Waals surface area contributed by atoms with Crippen LogP contribution in [0.4, 0.5) is 16.0 Å². The predicted molar refractivity (Wildman–Crippen MR) is 135 cm³/mol. The third kappa shape index (κ3) is 4.79. The van der Waals surface area contributed by atoms with Gasteiger partial charge in [0.05, 0.1) is 10.5 Å². The summed E-state index contributed by atoms with van der Waals surface area (Å²) in [5.41, 5.74) is 1.78. The Balaban J connectivity index is 1.37. The lowest BCUT2D eigenvalue weighted by atomic mass is 10.1. The zero-order valence-corrected chi connectivity index (χ0v) is 20.7. The van der Waals surface area contributed by atoms with Gasteiger partial charge in [0, 0.05) is 61.6 Å². The number of halogens is 1. The van der Waals surface area contributed by atoms with Crippen molar-refractivity contribution in [2.45, 2.75) is 4.90 Å². The second-order valence-electron chi connectivity index (χ2n) is 8.84. The van der Waals surface area contributed by atoms with E-state index in [1.807, 2.05) is 23.9 Å². The normalized spacial score (nSPS) is 14.8. The first kappa shape index (κ1) is 23.9. The molecule has 9 nitrogen and oxygen atoms in total. The lowest BCUT2D eigenvalue weighted by molar-refractivity contribution is 0.0659. The molecule has 1 N–H and O–H groups in total. The Labute approximate surface area is 208 Å². The molecule has 0 spiro atoms. The molecule has 186 valence electrons. The molecule has 1 aliphatic heterocycles. The number of sulfone groups is 1. The Kier molecular flexibility index (Phi) is 6.19. The molecule has 36 heavy (non-hydrogen) atoms. The van der Waals surface area contributed by atoms with Gasteiger partial charge >= 0.3 is 0 Å². The van der Waals surface area contributed by atoms with Crippen molar-refractivity contribution in [3.8, 4) is 5.69 Å². The van der Waals surface area contributed by atoms with Crippen molar-refractivity contribution in [3.05, 3.63) is 72.3 Å². The fourth-order valence-corrected chi connectivity index (χ4v) is 4.75. The summed E-state index contributed by atoms with van der Waals surface area (Å²) >= 11 is 0. The van der Waals surface area contributed by atoms with Crippen molar-refractivity contribution in [2.24, 2.45) is 0 Å². The van der Waals surface area contributed by atoms with Gasteiger partial charge in [-0.2, -0.15) is 4.98 Å². The third-order valence-corrected chi connectivity index (χ3v) is 7.34. The van der Waals surface area contributed by atoms with E-state index in [2.05, 4.69) is 20.2 Å². The first-order valence-electron chi connectivity index (χ1n) is 11.4. The third-order valence-electron chi connectivity index (χ3n) is 6.22. The minimum atomic E-state index is -3.29. The van der Waals surface area contributed by atoms with Crippen LogP contribution >= 0.6 is 0 Å². The SMILES string of the molecule is CN1CCN(C(=O)c2ccc(Nc3ncc4ccn(-c5ccc(S(C)(=O)=O)cc5)c4n3)cc2F)CC1. The number of hydrogen-bond donors (Lipinski definition) is 1. The summed E-state index contributed by atoms with van der Waals surface area (Å²) in [5, 5.41) is 3.78. The molecule has 11 heteroatoms. The highest BCUT2D eigenvalue weighted by Crippen LogP contribution is 2.23. The average Bonchev–Trinajstić information content (AvgIpc) is 3.27. The van der Waals surface area contributed by atoms with E-state index in [0.717, 1.165) is 30.4 Å². The van der Waals surface area contributed by atoms with E-state index < -0.39 is 15.7 Å². The molecule has 1 amide bonds. The molecule has 0 bridgehead atoms. The number of amides is 1. The molecule has 0 saturated carbocycles. The predicted octanol–water partition coefficient (Wildman–Crippen LogP) is 3.09. The number of hydrogen-bond acceptors (Lipinski definition) is 7. The summed E-state index contributed by atoms with van der Waals surface area (Å²) in [6, 6.07) is 12.7. The Morgan fingerprint density at radius 2 is 1.75 bits per heavy atom. The summed E-state index contributed by atoms with van der Waals surface area (Å²) in [5.74, 6) is -0.670. The van der Waals surface area contributed by atoms with E-state index in [-0.39, 0.29) is 22.3 Å². The summed E-state index contributed by atoms with van der Waals surface area (Å²) < 4.78 is 40.2. The molecule has 1 fully saturated rings. The Hall–Kier alpha value is -3.83. The Morgan fingerprint density at radius 3 is 2.42 bits per heavy atom. The fraction of sp³-hybridized carbons (Fsp3) is 0.240. The van der Waals surface area contributed by atoms with Gasteiger partial charge in [-0.3, -0.25) is 4.79 Å². The van der Waals surface area contributed by atoms with Gasteiger partial charge in [0.25, 0.3) is 5.91 Å². The van der Waals surface area contributed by atoms with E-state index >= 15 is 0 Å². The van der Waals surface area contributed by atoms with Crippen LogP contribution in [0.3, 0.4) is 0 Å². The van der Waals surface area contributed by atoms with Crippen molar-refractivity contribution in [2.75, 3.05) is 44.8 Å². The van der Waals surface area contributed by atoms with Crippen LogP contribution in [0.1, 0.15) is 10.4 Å². The first-order chi connectivity index (χ1) is 17.2. The first-order valence-corrected chi connectivity index (χ1v) is 13.3. The van der Waals surface area contributed by atoms with Gasteiger partial charge in [-0.1, -0.05) is 0 Å². The fourth-order valence-electron chi connectivity index (χ4n) is 4.12. The molecule has 2 aromatic carbocycles. The van der Waals surface area contributed by atoms with Gasteiger partial charge in [0.2, 0.25) is 5.95 Å². The number of carbonyl (C=O) groups excluding carboxylic acids is 1. The lowest BCUT2D eigenvalue weighted by Gasteiger charge is -2.32. The molecule has 1 aliphatic rings. The minimum absolute atomic E-state index is 0.0351. The number of fused-ring (bicyclic) bond motifs is 1. The van der Waals surface area contributed by atoms with Gasteiger partial charge in [0.1, 0.15) is 11.5 Å². The molecular weight excluding hydrogens is 483 g/mol. The van der Waals surface area contributed by atoms with Gasteiger partial charge < -0.3 is 19.7 Å². The van der Waals surface area contributed by atoms with E-state index in [0.29, 0.717) is 24.4 Å². The van der Waals surface area contributed by atoms with Crippen molar-refractivity contribution in [1.29, 1.82) is 0 Å². The van der Waals surface area contributed by atoms with Gasteiger partial charge in [-0.05, 0) is 55.6 Å². The zero-order chi connectivity index (χ0) is 25.4. The van der Waals surface area contributed by atoms with E-state index in [9.17, 15) is 17.6 Å². The Bertz CT molecular complexity index is 1540.